The lowest BCUT2D eigenvalue weighted by molar-refractivity contribution is 0.0234. The molecule has 4 heteroatoms. The highest BCUT2D eigenvalue weighted by Gasteiger charge is 2.23. The molecule has 0 heterocycles. The molecule has 1 unspecified atom stereocenters. The van der Waals surface area contributed by atoms with Crippen molar-refractivity contribution in [2.24, 2.45) is 5.92 Å². The van der Waals surface area contributed by atoms with Crippen LogP contribution in [0.2, 0.25) is 0 Å². The van der Waals surface area contributed by atoms with Gasteiger partial charge >= 0.3 is 0 Å². The van der Waals surface area contributed by atoms with Crippen molar-refractivity contribution in [1.82, 2.24) is 5.32 Å². The molecular weight excluding hydrogens is 254 g/mol. The van der Waals surface area contributed by atoms with E-state index in [4.69, 9.17) is 14.2 Å². The van der Waals surface area contributed by atoms with Crippen molar-refractivity contribution in [1.29, 1.82) is 0 Å². The highest BCUT2D eigenvalue weighted by atomic mass is 16.5. The van der Waals surface area contributed by atoms with Crippen LogP contribution in [0.3, 0.4) is 0 Å². The molecule has 1 saturated carbocycles. The fourth-order valence-corrected chi connectivity index (χ4v) is 3.00. The fourth-order valence-electron chi connectivity index (χ4n) is 3.00. The van der Waals surface area contributed by atoms with E-state index in [0.29, 0.717) is 32.5 Å². The molecule has 20 heavy (non-hydrogen) atoms. The summed E-state index contributed by atoms with van der Waals surface area (Å²) in [4.78, 5) is 0. The summed E-state index contributed by atoms with van der Waals surface area (Å²) in [6.07, 6.45) is 8.04. The third kappa shape index (κ3) is 8.20. The van der Waals surface area contributed by atoms with Crippen LogP contribution >= 0.6 is 0 Å². The minimum absolute atomic E-state index is 0.657. The third-order valence-electron chi connectivity index (χ3n) is 4.04. The molecule has 1 atom stereocenters. The molecule has 120 valence electrons. The molecular formula is C16H33NO3. The lowest BCUT2D eigenvalue weighted by Gasteiger charge is -2.24. The molecule has 0 bridgehead atoms. The second-order valence-electron chi connectivity index (χ2n) is 5.57. The lowest BCUT2D eigenvalue weighted by Crippen LogP contribution is -2.35. The van der Waals surface area contributed by atoms with Crippen LogP contribution in [0.15, 0.2) is 0 Å². The first-order valence-corrected chi connectivity index (χ1v) is 8.26. The number of methoxy groups -OCH3 is 1. The molecule has 0 aliphatic heterocycles. The highest BCUT2D eigenvalue weighted by molar-refractivity contribution is 4.80. The molecule has 1 aliphatic carbocycles. The molecule has 0 radical (unpaired) electrons. The first-order valence-electron chi connectivity index (χ1n) is 8.26. The van der Waals surface area contributed by atoms with Crippen LogP contribution in [0.5, 0.6) is 0 Å². The maximum atomic E-state index is 5.61. The zero-order chi connectivity index (χ0) is 14.5. The normalized spacial score (nSPS) is 17.7. The number of hydrogen-bond donors (Lipinski definition) is 1. The van der Waals surface area contributed by atoms with E-state index in [0.717, 1.165) is 25.5 Å². The van der Waals surface area contributed by atoms with Crippen molar-refractivity contribution in [3.63, 3.8) is 0 Å². The first-order chi connectivity index (χ1) is 9.88. The van der Waals surface area contributed by atoms with Gasteiger partial charge in [-0.05, 0) is 38.1 Å². The van der Waals surface area contributed by atoms with Gasteiger partial charge in [0.15, 0.2) is 0 Å². The van der Waals surface area contributed by atoms with Crippen LogP contribution in [-0.4, -0.2) is 52.7 Å². The minimum Gasteiger partial charge on any atom is -0.382 e. The van der Waals surface area contributed by atoms with Gasteiger partial charge in [-0.1, -0.05) is 19.8 Å². The van der Waals surface area contributed by atoms with Crippen molar-refractivity contribution in [3.8, 4) is 0 Å². The van der Waals surface area contributed by atoms with Crippen LogP contribution in [-0.2, 0) is 14.2 Å². The van der Waals surface area contributed by atoms with Gasteiger partial charge in [0.2, 0.25) is 0 Å². The summed E-state index contributed by atoms with van der Waals surface area (Å²) < 4.78 is 15.9. The topological polar surface area (TPSA) is 39.7 Å². The van der Waals surface area contributed by atoms with Crippen LogP contribution in [0, 0.1) is 5.92 Å². The molecule has 1 rings (SSSR count). The summed E-state index contributed by atoms with van der Waals surface area (Å²) in [5.41, 5.74) is 0. The Hall–Kier alpha value is -0.160. The summed E-state index contributed by atoms with van der Waals surface area (Å²) in [6.45, 7) is 6.81. The zero-order valence-corrected chi connectivity index (χ0v) is 13.4. The summed E-state index contributed by atoms with van der Waals surface area (Å²) in [6, 6.07) is 0.698. The highest BCUT2D eigenvalue weighted by Crippen LogP contribution is 2.29. The van der Waals surface area contributed by atoms with Gasteiger partial charge in [-0.15, -0.1) is 0 Å². The van der Waals surface area contributed by atoms with Gasteiger partial charge in [-0.25, -0.2) is 0 Å². The van der Waals surface area contributed by atoms with Crippen molar-refractivity contribution < 1.29 is 14.2 Å². The van der Waals surface area contributed by atoms with Crippen LogP contribution < -0.4 is 5.32 Å². The Bertz CT molecular complexity index is 208. The monoisotopic (exact) mass is 287 g/mol. The average Bonchev–Trinajstić information content (AvgIpc) is 2.98. The summed E-state index contributed by atoms with van der Waals surface area (Å²) in [5, 5.41) is 3.66. The molecule has 0 aromatic carbocycles. The quantitative estimate of drug-likeness (QED) is 0.529. The Labute approximate surface area is 124 Å². The predicted molar refractivity (Wildman–Crippen MR) is 82.2 cm³/mol. The Kier molecular flexibility index (Phi) is 11.2. The van der Waals surface area contributed by atoms with Gasteiger partial charge < -0.3 is 19.5 Å². The van der Waals surface area contributed by atoms with E-state index in [1.807, 2.05) is 0 Å². The summed E-state index contributed by atoms with van der Waals surface area (Å²) in [7, 11) is 1.69. The Morgan fingerprint density at radius 3 is 2.30 bits per heavy atom. The van der Waals surface area contributed by atoms with Gasteiger partial charge in [0.1, 0.15) is 0 Å². The molecule has 0 aromatic rings. The first kappa shape index (κ1) is 17.9. The second kappa shape index (κ2) is 12.6. The Morgan fingerprint density at radius 2 is 1.65 bits per heavy atom. The standard InChI is InChI=1S/C16H33NO3/c1-3-17-16(15-7-4-5-8-15)9-6-10-19-13-14-20-12-11-18-2/h15-17H,3-14H2,1-2H3. The van der Waals surface area contributed by atoms with E-state index in [2.05, 4.69) is 12.2 Å². The molecule has 0 saturated heterocycles. The van der Waals surface area contributed by atoms with E-state index in [1.165, 1.54) is 32.1 Å². The van der Waals surface area contributed by atoms with Crippen LogP contribution in [0.4, 0.5) is 0 Å². The SMILES string of the molecule is CCNC(CCCOCCOCCOC)C1CCCC1. The Balaban J connectivity index is 1.94. The third-order valence-corrected chi connectivity index (χ3v) is 4.04. The van der Waals surface area contributed by atoms with E-state index < -0.39 is 0 Å². The number of ether oxygens (including phenoxy) is 3. The van der Waals surface area contributed by atoms with Crippen molar-refractivity contribution >= 4 is 0 Å². The molecule has 0 aromatic heterocycles. The zero-order valence-electron chi connectivity index (χ0n) is 13.4. The van der Waals surface area contributed by atoms with E-state index in [-0.39, 0.29) is 0 Å². The van der Waals surface area contributed by atoms with Gasteiger partial charge in [-0.2, -0.15) is 0 Å². The minimum atomic E-state index is 0.657. The lowest BCUT2D eigenvalue weighted by atomic mass is 9.94. The van der Waals surface area contributed by atoms with Gasteiger partial charge in [-0.3, -0.25) is 0 Å². The van der Waals surface area contributed by atoms with Crippen LogP contribution in [0.1, 0.15) is 45.4 Å². The average molecular weight is 287 g/mol. The molecule has 4 nitrogen and oxygen atoms in total. The van der Waals surface area contributed by atoms with Gasteiger partial charge in [0.05, 0.1) is 26.4 Å². The fraction of sp³-hybridized carbons (Fsp3) is 1.00. The van der Waals surface area contributed by atoms with Crippen molar-refractivity contribution in [2.45, 2.75) is 51.5 Å². The van der Waals surface area contributed by atoms with Crippen LogP contribution in [0.25, 0.3) is 0 Å². The van der Waals surface area contributed by atoms with E-state index >= 15 is 0 Å². The molecule has 0 spiro atoms. The maximum Gasteiger partial charge on any atom is 0.0701 e. The summed E-state index contributed by atoms with van der Waals surface area (Å²) in [5.74, 6) is 0.896. The number of hydrogen-bond acceptors (Lipinski definition) is 4. The smallest absolute Gasteiger partial charge is 0.0701 e. The predicted octanol–water partition coefficient (Wildman–Crippen LogP) is 2.61. The van der Waals surface area contributed by atoms with Crippen molar-refractivity contribution in [3.05, 3.63) is 0 Å². The Morgan fingerprint density at radius 1 is 1.00 bits per heavy atom. The molecule has 1 fully saturated rings. The largest absolute Gasteiger partial charge is 0.382 e. The number of nitrogens with one attached hydrogen (secondary N) is 1. The van der Waals surface area contributed by atoms with Gasteiger partial charge in [0, 0.05) is 19.8 Å². The number of rotatable bonds is 13. The van der Waals surface area contributed by atoms with E-state index in [1.54, 1.807) is 7.11 Å². The second-order valence-corrected chi connectivity index (χ2v) is 5.57. The maximum absolute atomic E-state index is 5.61. The molecule has 0 amide bonds. The van der Waals surface area contributed by atoms with Crippen molar-refractivity contribution in [2.75, 3.05) is 46.7 Å². The van der Waals surface area contributed by atoms with Gasteiger partial charge in [0.25, 0.3) is 0 Å². The molecule has 1 N–H and O–H groups in total. The summed E-state index contributed by atoms with van der Waals surface area (Å²) >= 11 is 0. The molecule has 1 aliphatic rings. The van der Waals surface area contributed by atoms with E-state index in [9.17, 15) is 0 Å².